The minimum atomic E-state index is -1.16. The molecule has 4 N–H and O–H groups in total. The van der Waals surface area contributed by atoms with Crippen molar-refractivity contribution in [2.45, 2.75) is 24.9 Å². The Morgan fingerprint density at radius 2 is 2.05 bits per heavy atom. The number of anilines is 2. The molecule has 1 aromatic carbocycles. The molecule has 1 aliphatic heterocycles. The summed E-state index contributed by atoms with van der Waals surface area (Å²) in [5, 5.41) is 18.8. The van der Waals surface area contributed by atoms with E-state index in [1.165, 1.54) is 12.1 Å². The fraction of sp³-hybridized carbons (Fsp3) is 0.462. The summed E-state index contributed by atoms with van der Waals surface area (Å²) < 4.78 is 13.4. The van der Waals surface area contributed by atoms with E-state index in [2.05, 4.69) is 0 Å². The van der Waals surface area contributed by atoms with Gasteiger partial charge in [0.2, 0.25) is 0 Å². The number of rotatable bonds is 3. The number of piperidine rings is 1. The van der Waals surface area contributed by atoms with Crippen LogP contribution in [0.2, 0.25) is 0 Å². The molecule has 5 nitrogen and oxygen atoms in total. The molecule has 6 heteroatoms. The number of carbonyl (C=O) groups is 1. The monoisotopic (exact) mass is 268 g/mol. The van der Waals surface area contributed by atoms with Crippen molar-refractivity contribution in [1.29, 1.82) is 0 Å². The van der Waals surface area contributed by atoms with Crippen LogP contribution in [0, 0.1) is 5.82 Å². The van der Waals surface area contributed by atoms with Gasteiger partial charge in [0, 0.05) is 18.8 Å². The fourth-order valence-electron chi connectivity index (χ4n) is 2.35. The minimum absolute atomic E-state index is 0.100. The summed E-state index contributed by atoms with van der Waals surface area (Å²) in [5.41, 5.74) is 5.06. The molecule has 1 heterocycles. The third kappa shape index (κ3) is 3.14. The summed E-state index contributed by atoms with van der Waals surface area (Å²) in [7, 11) is 0. The zero-order valence-electron chi connectivity index (χ0n) is 10.5. The van der Waals surface area contributed by atoms with E-state index in [0.717, 1.165) is 0 Å². The zero-order valence-corrected chi connectivity index (χ0v) is 10.5. The molecule has 2 rings (SSSR count). The minimum Gasteiger partial charge on any atom is -0.481 e. The Balaban J connectivity index is 2.03. The number of aliphatic hydroxyl groups is 1. The molecule has 0 aromatic heterocycles. The van der Waals surface area contributed by atoms with E-state index in [9.17, 15) is 14.3 Å². The first-order valence-corrected chi connectivity index (χ1v) is 6.14. The van der Waals surface area contributed by atoms with Crippen LogP contribution in [0.1, 0.15) is 19.3 Å². The summed E-state index contributed by atoms with van der Waals surface area (Å²) in [4.78, 5) is 12.6. The number of halogens is 1. The predicted octanol–water partition coefficient (Wildman–Crippen LogP) is 1.21. The molecule has 1 saturated heterocycles. The first kappa shape index (κ1) is 13.6. The maximum atomic E-state index is 13.4. The zero-order chi connectivity index (χ0) is 14.0. The molecule has 0 bridgehead atoms. The van der Waals surface area contributed by atoms with Gasteiger partial charge in [-0.1, -0.05) is 0 Å². The van der Waals surface area contributed by atoms with Crippen LogP contribution in [0.5, 0.6) is 0 Å². The molecule has 0 atom stereocenters. The third-order valence-electron chi connectivity index (χ3n) is 3.52. The SMILES string of the molecule is Nc1ccc(N2CCC(O)(CC(=O)O)CC2)cc1F. The Hall–Kier alpha value is -1.82. The van der Waals surface area contributed by atoms with Crippen LogP contribution in [0.15, 0.2) is 18.2 Å². The topological polar surface area (TPSA) is 86.8 Å². The Labute approximate surface area is 110 Å². The second kappa shape index (κ2) is 5.05. The summed E-state index contributed by atoms with van der Waals surface area (Å²) in [5.74, 6) is -1.47. The van der Waals surface area contributed by atoms with E-state index >= 15 is 0 Å². The number of carboxylic acids is 1. The van der Waals surface area contributed by atoms with Crippen molar-refractivity contribution in [2.24, 2.45) is 0 Å². The standard InChI is InChI=1S/C13H17FN2O3/c14-10-7-9(1-2-11(10)15)16-5-3-13(19,4-6-16)8-12(17)18/h1-2,7,19H,3-6,8,15H2,(H,17,18). The van der Waals surface area contributed by atoms with Crippen molar-refractivity contribution >= 4 is 17.3 Å². The number of aliphatic carboxylic acids is 1. The molecule has 19 heavy (non-hydrogen) atoms. The van der Waals surface area contributed by atoms with Crippen LogP contribution >= 0.6 is 0 Å². The first-order valence-electron chi connectivity index (χ1n) is 6.14. The van der Waals surface area contributed by atoms with Crippen LogP contribution in [0.4, 0.5) is 15.8 Å². The lowest BCUT2D eigenvalue weighted by Gasteiger charge is -2.38. The number of nitrogen functional groups attached to an aromatic ring is 1. The summed E-state index contributed by atoms with van der Waals surface area (Å²) in [6, 6.07) is 4.58. The highest BCUT2D eigenvalue weighted by atomic mass is 19.1. The van der Waals surface area contributed by atoms with Crippen LogP contribution in [-0.2, 0) is 4.79 Å². The van der Waals surface area contributed by atoms with Crippen LogP contribution in [0.3, 0.4) is 0 Å². The molecule has 104 valence electrons. The van der Waals surface area contributed by atoms with Crippen LogP contribution < -0.4 is 10.6 Å². The predicted molar refractivity (Wildman–Crippen MR) is 69.5 cm³/mol. The van der Waals surface area contributed by atoms with Gasteiger partial charge in [-0.05, 0) is 31.0 Å². The molecule has 1 fully saturated rings. The Morgan fingerprint density at radius 1 is 1.42 bits per heavy atom. The van der Waals surface area contributed by atoms with Gasteiger partial charge in [-0.2, -0.15) is 0 Å². The van der Waals surface area contributed by atoms with E-state index < -0.39 is 17.4 Å². The van der Waals surface area contributed by atoms with Gasteiger partial charge >= 0.3 is 5.97 Å². The Bertz CT molecular complexity index is 485. The van der Waals surface area contributed by atoms with Gasteiger partial charge in [0.25, 0.3) is 0 Å². The van der Waals surface area contributed by atoms with E-state index in [0.29, 0.717) is 31.6 Å². The maximum Gasteiger partial charge on any atom is 0.306 e. The summed E-state index contributed by atoms with van der Waals surface area (Å²) in [6.45, 7) is 0.986. The van der Waals surface area contributed by atoms with E-state index in [4.69, 9.17) is 10.8 Å². The van der Waals surface area contributed by atoms with Crippen molar-refractivity contribution < 1.29 is 19.4 Å². The first-order chi connectivity index (χ1) is 8.89. The number of nitrogens with two attached hydrogens (primary N) is 1. The van der Waals surface area contributed by atoms with E-state index in [1.807, 2.05) is 4.90 Å². The molecule has 1 aliphatic rings. The lowest BCUT2D eigenvalue weighted by Crippen LogP contribution is -2.45. The number of hydrogen-bond donors (Lipinski definition) is 3. The molecule has 0 amide bonds. The number of hydrogen-bond acceptors (Lipinski definition) is 4. The number of carboxylic acid groups (broad SMARTS) is 1. The largest absolute Gasteiger partial charge is 0.481 e. The van der Waals surface area contributed by atoms with Crippen molar-refractivity contribution in [2.75, 3.05) is 23.7 Å². The number of benzene rings is 1. The molecule has 0 spiro atoms. The normalized spacial score (nSPS) is 18.3. The van der Waals surface area contributed by atoms with Crippen LogP contribution in [0.25, 0.3) is 0 Å². The molecule has 0 unspecified atom stereocenters. The fourth-order valence-corrected chi connectivity index (χ4v) is 2.35. The van der Waals surface area contributed by atoms with Gasteiger partial charge in [-0.15, -0.1) is 0 Å². The molecular formula is C13H17FN2O3. The lowest BCUT2D eigenvalue weighted by molar-refractivity contribution is -0.143. The van der Waals surface area contributed by atoms with E-state index in [-0.39, 0.29) is 12.1 Å². The Kier molecular flexibility index (Phi) is 3.61. The highest BCUT2D eigenvalue weighted by Crippen LogP contribution is 2.29. The van der Waals surface area contributed by atoms with Gasteiger partial charge in [0.1, 0.15) is 5.82 Å². The number of nitrogens with zero attached hydrogens (tertiary/aromatic N) is 1. The maximum absolute atomic E-state index is 13.4. The van der Waals surface area contributed by atoms with Gasteiger partial charge < -0.3 is 20.8 Å². The van der Waals surface area contributed by atoms with Crippen LogP contribution in [-0.4, -0.2) is 34.9 Å². The van der Waals surface area contributed by atoms with Gasteiger partial charge in [0.15, 0.2) is 0 Å². The lowest BCUT2D eigenvalue weighted by atomic mass is 9.88. The highest BCUT2D eigenvalue weighted by molar-refractivity contribution is 5.68. The molecule has 1 aromatic rings. The Morgan fingerprint density at radius 3 is 2.58 bits per heavy atom. The average Bonchev–Trinajstić information content (AvgIpc) is 2.32. The quantitative estimate of drug-likeness (QED) is 0.717. The van der Waals surface area contributed by atoms with Gasteiger partial charge in [-0.3, -0.25) is 4.79 Å². The van der Waals surface area contributed by atoms with Gasteiger partial charge in [0.05, 0.1) is 17.7 Å². The smallest absolute Gasteiger partial charge is 0.306 e. The second-order valence-corrected chi connectivity index (χ2v) is 4.99. The summed E-state index contributed by atoms with van der Waals surface area (Å²) in [6.07, 6.45) is 0.452. The van der Waals surface area contributed by atoms with Crippen molar-refractivity contribution in [3.63, 3.8) is 0 Å². The second-order valence-electron chi connectivity index (χ2n) is 4.99. The molecule has 0 saturated carbocycles. The highest BCUT2D eigenvalue weighted by Gasteiger charge is 2.34. The van der Waals surface area contributed by atoms with E-state index in [1.54, 1.807) is 6.07 Å². The van der Waals surface area contributed by atoms with Gasteiger partial charge in [-0.25, -0.2) is 4.39 Å². The van der Waals surface area contributed by atoms with Crippen molar-refractivity contribution in [3.8, 4) is 0 Å². The molecular weight excluding hydrogens is 251 g/mol. The molecule has 0 radical (unpaired) electrons. The van der Waals surface area contributed by atoms with Crippen molar-refractivity contribution in [1.82, 2.24) is 0 Å². The third-order valence-corrected chi connectivity index (χ3v) is 3.52. The molecule has 0 aliphatic carbocycles. The summed E-state index contributed by atoms with van der Waals surface area (Å²) >= 11 is 0. The van der Waals surface area contributed by atoms with Crippen molar-refractivity contribution in [3.05, 3.63) is 24.0 Å². The average molecular weight is 268 g/mol.